The lowest BCUT2D eigenvalue weighted by molar-refractivity contribution is -0.0250. The summed E-state index contributed by atoms with van der Waals surface area (Å²) in [5.41, 5.74) is 0. The van der Waals surface area contributed by atoms with Crippen molar-refractivity contribution in [3.05, 3.63) is 0 Å². The molecule has 1 aliphatic heterocycles. The average molecular weight is 159 g/mol. The second-order valence-corrected chi connectivity index (χ2v) is 3.05. The Morgan fingerprint density at radius 3 is 3.09 bits per heavy atom. The maximum absolute atomic E-state index is 5.55. The Hall–Kier alpha value is -0.120. The third kappa shape index (κ3) is 2.77. The number of hydrogen-bond acceptors (Lipinski definition) is 3. The van der Waals surface area contributed by atoms with Crippen LogP contribution in [0.3, 0.4) is 0 Å². The van der Waals surface area contributed by atoms with Gasteiger partial charge < -0.3 is 14.8 Å². The Balaban J connectivity index is 2.21. The lowest BCUT2D eigenvalue weighted by atomic mass is 10.1. The highest BCUT2D eigenvalue weighted by Crippen LogP contribution is 2.08. The minimum absolute atomic E-state index is 0.337. The predicted molar refractivity (Wildman–Crippen MR) is 43.6 cm³/mol. The first kappa shape index (κ1) is 8.97. The van der Waals surface area contributed by atoms with Crippen molar-refractivity contribution < 1.29 is 9.47 Å². The predicted octanol–water partition coefficient (Wildman–Crippen LogP) is 0.257. The molecule has 1 saturated heterocycles. The zero-order valence-corrected chi connectivity index (χ0v) is 7.30. The van der Waals surface area contributed by atoms with Crippen LogP contribution in [0.5, 0.6) is 0 Å². The molecule has 1 N–H and O–H groups in total. The number of morpholine rings is 1. The van der Waals surface area contributed by atoms with Crippen molar-refractivity contribution in [1.82, 2.24) is 5.32 Å². The smallest absolute Gasteiger partial charge is 0.0747 e. The van der Waals surface area contributed by atoms with Gasteiger partial charge >= 0.3 is 0 Å². The summed E-state index contributed by atoms with van der Waals surface area (Å²) in [6.45, 7) is 5.72. The number of nitrogens with one attached hydrogen (secondary N) is 1. The van der Waals surface area contributed by atoms with Gasteiger partial charge in [-0.3, -0.25) is 0 Å². The average Bonchev–Trinajstić information content (AvgIpc) is 2.07. The van der Waals surface area contributed by atoms with Gasteiger partial charge in [0.15, 0.2) is 0 Å². The molecule has 3 heteroatoms. The molecule has 0 bridgehead atoms. The Bertz CT molecular complexity index is 102. The van der Waals surface area contributed by atoms with Crippen molar-refractivity contribution in [1.29, 1.82) is 0 Å². The van der Waals surface area contributed by atoms with Gasteiger partial charge in [0.2, 0.25) is 0 Å². The van der Waals surface area contributed by atoms with Gasteiger partial charge in [0.1, 0.15) is 0 Å². The van der Waals surface area contributed by atoms with Gasteiger partial charge in [-0.05, 0) is 0 Å². The molecule has 0 aromatic carbocycles. The molecular weight excluding hydrogens is 142 g/mol. The van der Waals surface area contributed by atoms with Gasteiger partial charge in [0.05, 0.1) is 19.3 Å². The summed E-state index contributed by atoms with van der Waals surface area (Å²) in [5, 5.41) is 3.29. The summed E-state index contributed by atoms with van der Waals surface area (Å²) in [5.74, 6) is 0.493. The maximum Gasteiger partial charge on any atom is 0.0747 e. The minimum Gasteiger partial charge on any atom is -0.384 e. The van der Waals surface area contributed by atoms with Crippen molar-refractivity contribution in [2.75, 3.05) is 33.4 Å². The monoisotopic (exact) mass is 159 g/mol. The summed E-state index contributed by atoms with van der Waals surface area (Å²) in [4.78, 5) is 0. The zero-order chi connectivity index (χ0) is 8.10. The molecule has 1 aliphatic rings. The molecule has 66 valence electrons. The normalized spacial score (nSPS) is 28.4. The molecule has 0 aromatic heterocycles. The van der Waals surface area contributed by atoms with Gasteiger partial charge in [-0.2, -0.15) is 0 Å². The van der Waals surface area contributed by atoms with E-state index >= 15 is 0 Å². The fourth-order valence-electron chi connectivity index (χ4n) is 1.32. The largest absolute Gasteiger partial charge is 0.384 e. The highest BCUT2D eigenvalue weighted by molar-refractivity contribution is 4.72. The van der Waals surface area contributed by atoms with E-state index in [1.165, 1.54) is 0 Å². The first-order valence-electron chi connectivity index (χ1n) is 4.16. The van der Waals surface area contributed by atoms with Crippen LogP contribution < -0.4 is 5.32 Å². The first-order chi connectivity index (χ1) is 5.34. The van der Waals surface area contributed by atoms with Gasteiger partial charge in [-0.25, -0.2) is 0 Å². The summed E-state index contributed by atoms with van der Waals surface area (Å²) in [7, 11) is 1.73. The molecule has 11 heavy (non-hydrogen) atoms. The molecular formula is C8H17NO2. The molecule has 0 aliphatic carbocycles. The number of rotatable bonds is 3. The fourth-order valence-corrected chi connectivity index (χ4v) is 1.32. The van der Waals surface area contributed by atoms with Crippen molar-refractivity contribution in [2.24, 2.45) is 5.92 Å². The van der Waals surface area contributed by atoms with Gasteiger partial charge in [-0.1, -0.05) is 6.92 Å². The number of ether oxygens (including phenoxy) is 2. The molecule has 0 saturated carbocycles. The Morgan fingerprint density at radius 1 is 1.73 bits per heavy atom. The third-order valence-corrected chi connectivity index (χ3v) is 2.02. The van der Waals surface area contributed by atoms with Crippen LogP contribution in [-0.4, -0.2) is 39.5 Å². The lowest BCUT2D eigenvalue weighted by Crippen LogP contribution is -2.43. The standard InChI is InChI=1S/C8H17NO2/c1-7(6-10-2)8-5-9-3-4-11-8/h7-9H,3-6H2,1-2H3/t7?,8-/m1/s1. The molecule has 0 aromatic rings. The topological polar surface area (TPSA) is 30.5 Å². The van der Waals surface area contributed by atoms with Crippen molar-refractivity contribution in [3.8, 4) is 0 Å². The van der Waals surface area contributed by atoms with Crippen LogP contribution in [0.1, 0.15) is 6.92 Å². The Labute approximate surface area is 68.1 Å². The number of methoxy groups -OCH3 is 1. The van der Waals surface area contributed by atoms with Crippen LogP contribution in [0, 0.1) is 5.92 Å². The Kier molecular flexibility index (Phi) is 3.83. The molecule has 0 amide bonds. The van der Waals surface area contributed by atoms with E-state index in [9.17, 15) is 0 Å². The van der Waals surface area contributed by atoms with Gasteiger partial charge in [0.25, 0.3) is 0 Å². The van der Waals surface area contributed by atoms with Crippen LogP contribution >= 0.6 is 0 Å². The Morgan fingerprint density at radius 2 is 2.55 bits per heavy atom. The van der Waals surface area contributed by atoms with Crippen molar-refractivity contribution >= 4 is 0 Å². The van der Waals surface area contributed by atoms with E-state index in [0.29, 0.717) is 12.0 Å². The molecule has 3 nitrogen and oxygen atoms in total. The van der Waals surface area contributed by atoms with Crippen LogP contribution in [0.15, 0.2) is 0 Å². The highest BCUT2D eigenvalue weighted by atomic mass is 16.5. The van der Waals surface area contributed by atoms with Crippen LogP contribution in [0.4, 0.5) is 0 Å². The summed E-state index contributed by atoms with van der Waals surface area (Å²) in [6, 6.07) is 0. The van der Waals surface area contributed by atoms with E-state index in [-0.39, 0.29) is 0 Å². The second kappa shape index (κ2) is 4.70. The molecule has 2 atom stereocenters. The van der Waals surface area contributed by atoms with E-state index in [1.807, 2.05) is 0 Å². The zero-order valence-electron chi connectivity index (χ0n) is 7.30. The van der Waals surface area contributed by atoms with Crippen molar-refractivity contribution in [2.45, 2.75) is 13.0 Å². The quantitative estimate of drug-likeness (QED) is 0.640. The van der Waals surface area contributed by atoms with Crippen LogP contribution in [-0.2, 0) is 9.47 Å². The summed E-state index contributed by atoms with van der Waals surface area (Å²) < 4.78 is 10.6. The lowest BCUT2D eigenvalue weighted by Gasteiger charge is -2.28. The van der Waals surface area contributed by atoms with Crippen molar-refractivity contribution in [3.63, 3.8) is 0 Å². The second-order valence-electron chi connectivity index (χ2n) is 3.05. The highest BCUT2D eigenvalue weighted by Gasteiger charge is 2.19. The first-order valence-corrected chi connectivity index (χ1v) is 4.16. The summed E-state index contributed by atoms with van der Waals surface area (Å²) >= 11 is 0. The molecule has 0 spiro atoms. The molecule has 1 unspecified atom stereocenters. The van der Waals surface area contributed by atoms with Crippen LogP contribution in [0.25, 0.3) is 0 Å². The third-order valence-electron chi connectivity index (χ3n) is 2.02. The molecule has 1 heterocycles. The summed E-state index contributed by atoms with van der Waals surface area (Å²) in [6.07, 6.45) is 0.337. The SMILES string of the molecule is COCC(C)[C@H]1CNCCO1. The number of hydrogen-bond donors (Lipinski definition) is 1. The minimum atomic E-state index is 0.337. The van der Waals surface area contributed by atoms with E-state index < -0.39 is 0 Å². The van der Waals surface area contributed by atoms with E-state index in [0.717, 1.165) is 26.3 Å². The van der Waals surface area contributed by atoms with Gasteiger partial charge in [0, 0.05) is 26.1 Å². The molecule has 1 rings (SSSR count). The van der Waals surface area contributed by atoms with E-state index in [2.05, 4.69) is 12.2 Å². The maximum atomic E-state index is 5.55. The molecule has 0 radical (unpaired) electrons. The van der Waals surface area contributed by atoms with E-state index in [4.69, 9.17) is 9.47 Å². The fraction of sp³-hybridized carbons (Fsp3) is 1.00. The van der Waals surface area contributed by atoms with E-state index in [1.54, 1.807) is 7.11 Å². The molecule has 1 fully saturated rings. The van der Waals surface area contributed by atoms with Crippen LogP contribution in [0.2, 0.25) is 0 Å². The van der Waals surface area contributed by atoms with Gasteiger partial charge in [-0.15, -0.1) is 0 Å².